The summed E-state index contributed by atoms with van der Waals surface area (Å²) in [5.74, 6) is 0.448. The van der Waals surface area contributed by atoms with Gasteiger partial charge in [0.25, 0.3) is 0 Å². The fourth-order valence-corrected chi connectivity index (χ4v) is 2.62. The Hall–Kier alpha value is -2.11. The van der Waals surface area contributed by atoms with Crippen molar-refractivity contribution >= 4 is 12.0 Å². The van der Waals surface area contributed by atoms with Gasteiger partial charge in [0.2, 0.25) is 5.91 Å². The van der Waals surface area contributed by atoms with Crippen LogP contribution in [-0.2, 0) is 16.0 Å². The van der Waals surface area contributed by atoms with Crippen LogP contribution in [0.5, 0.6) is 0 Å². The highest BCUT2D eigenvalue weighted by atomic mass is 16.6. The van der Waals surface area contributed by atoms with E-state index < -0.39 is 0 Å². The van der Waals surface area contributed by atoms with Crippen molar-refractivity contribution in [3.05, 3.63) is 30.1 Å². The molecule has 1 aromatic rings. The van der Waals surface area contributed by atoms with Crippen molar-refractivity contribution in [3.8, 4) is 0 Å². The van der Waals surface area contributed by atoms with Crippen LogP contribution in [-0.4, -0.2) is 59.6 Å². The summed E-state index contributed by atoms with van der Waals surface area (Å²) in [5.41, 5.74) is 0.930. The van der Waals surface area contributed by atoms with Crippen LogP contribution in [0.3, 0.4) is 0 Å². The van der Waals surface area contributed by atoms with E-state index in [4.69, 9.17) is 4.74 Å². The molecule has 0 atom stereocenters. The summed E-state index contributed by atoms with van der Waals surface area (Å²) >= 11 is 0. The van der Waals surface area contributed by atoms with Gasteiger partial charge in [0.1, 0.15) is 0 Å². The van der Waals surface area contributed by atoms with Crippen molar-refractivity contribution in [2.45, 2.75) is 33.1 Å². The van der Waals surface area contributed by atoms with Crippen molar-refractivity contribution in [2.75, 3.05) is 32.8 Å². The largest absolute Gasteiger partial charge is 0.449 e. The molecule has 1 saturated heterocycles. The van der Waals surface area contributed by atoms with Gasteiger partial charge in [0, 0.05) is 44.5 Å². The number of ether oxygens (including phenoxy) is 1. The van der Waals surface area contributed by atoms with E-state index in [1.165, 1.54) is 0 Å². The highest BCUT2D eigenvalue weighted by molar-refractivity contribution is 5.76. The SMILES string of the molecule is CC(C)COC(=O)N1CCCN(C(=O)CCc2ccccn2)CC1. The fourth-order valence-electron chi connectivity index (χ4n) is 2.62. The van der Waals surface area contributed by atoms with Gasteiger partial charge in [-0.25, -0.2) is 4.79 Å². The summed E-state index contributed by atoms with van der Waals surface area (Å²) in [6.45, 7) is 6.89. The van der Waals surface area contributed by atoms with Crippen LogP contribution < -0.4 is 0 Å². The monoisotopic (exact) mass is 333 g/mol. The Bertz CT molecular complexity index is 534. The lowest BCUT2D eigenvalue weighted by Crippen LogP contribution is -2.38. The molecular weight excluding hydrogens is 306 g/mol. The number of carbonyl (C=O) groups is 2. The zero-order valence-corrected chi connectivity index (χ0v) is 14.6. The Balaban J connectivity index is 1.77. The third-order valence-electron chi connectivity index (χ3n) is 3.97. The summed E-state index contributed by atoms with van der Waals surface area (Å²) in [6, 6.07) is 5.73. The maximum Gasteiger partial charge on any atom is 0.409 e. The van der Waals surface area contributed by atoms with E-state index in [-0.39, 0.29) is 12.0 Å². The third-order valence-corrected chi connectivity index (χ3v) is 3.97. The molecule has 1 fully saturated rings. The van der Waals surface area contributed by atoms with E-state index >= 15 is 0 Å². The van der Waals surface area contributed by atoms with E-state index in [1.807, 2.05) is 36.9 Å². The molecule has 6 heteroatoms. The van der Waals surface area contributed by atoms with Crippen LogP contribution in [0.4, 0.5) is 4.79 Å². The molecule has 0 saturated carbocycles. The summed E-state index contributed by atoms with van der Waals surface area (Å²) in [4.78, 5) is 32.2. The summed E-state index contributed by atoms with van der Waals surface area (Å²) in [6.07, 6.45) is 3.36. The van der Waals surface area contributed by atoms with E-state index in [2.05, 4.69) is 4.98 Å². The van der Waals surface area contributed by atoms with Gasteiger partial charge in [-0.3, -0.25) is 9.78 Å². The smallest absolute Gasteiger partial charge is 0.409 e. The number of hydrogen-bond donors (Lipinski definition) is 0. The Morgan fingerprint density at radius 3 is 2.62 bits per heavy atom. The number of amides is 2. The van der Waals surface area contributed by atoms with E-state index in [0.29, 0.717) is 51.5 Å². The predicted octanol–water partition coefficient (Wildman–Crippen LogP) is 2.34. The van der Waals surface area contributed by atoms with Crippen molar-refractivity contribution in [2.24, 2.45) is 5.92 Å². The molecule has 0 radical (unpaired) electrons. The van der Waals surface area contributed by atoms with Crippen LogP contribution in [0, 0.1) is 5.92 Å². The van der Waals surface area contributed by atoms with Crippen molar-refractivity contribution in [1.29, 1.82) is 0 Å². The zero-order valence-electron chi connectivity index (χ0n) is 14.6. The first-order valence-electron chi connectivity index (χ1n) is 8.65. The molecule has 24 heavy (non-hydrogen) atoms. The van der Waals surface area contributed by atoms with Gasteiger partial charge < -0.3 is 14.5 Å². The molecule has 132 valence electrons. The predicted molar refractivity (Wildman–Crippen MR) is 91.5 cm³/mol. The van der Waals surface area contributed by atoms with Gasteiger partial charge in [0.05, 0.1) is 6.61 Å². The Morgan fingerprint density at radius 1 is 1.17 bits per heavy atom. The highest BCUT2D eigenvalue weighted by Crippen LogP contribution is 2.09. The molecule has 1 aliphatic rings. The Labute approximate surface area is 143 Å². The highest BCUT2D eigenvalue weighted by Gasteiger charge is 2.22. The van der Waals surface area contributed by atoms with Gasteiger partial charge in [-0.2, -0.15) is 0 Å². The Morgan fingerprint density at radius 2 is 1.92 bits per heavy atom. The average molecular weight is 333 g/mol. The summed E-state index contributed by atoms with van der Waals surface area (Å²) in [5, 5.41) is 0. The fraction of sp³-hybridized carbons (Fsp3) is 0.611. The second-order valence-electron chi connectivity index (χ2n) is 6.51. The van der Waals surface area contributed by atoms with Gasteiger partial charge in [0.15, 0.2) is 0 Å². The number of aryl methyl sites for hydroxylation is 1. The van der Waals surface area contributed by atoms with Crippen LogP contribution in [0.1, 0.15) is 32.4 Å². The zero-order chi connectivity index (χ0) is 17.4. The van der Waals surface area contributed by atoms with Crippen LogP contribution in [0.2, 0.25) is 0 Å². The first kappa shape index (κ1) is 18.2. The van der Waals surface area contributed by atoms with E-state index in [9.17, 15) is 9.59 Å². The van der Waals surface area contributed by atoms with Crippen molar-refractivity contribution < 1.29 is 14.3 Å². The third kappa shape index (κ3) is 5.83. The molecule has 2 amide bonds. The van der Waals surface area contributed by atoms with Crippen LogP contribution >= 0.6 is 0 Å². The van der Waals surface area contributed by atoms with E-state index in [0.717, 1.165) is 12.1 Å². The number of pyridine rings is 1. The van der Waals surface area contributed by atoms with Gasteiger partial charge in [-0.1, -0.05) is 19.9 Å². The normalized spacial score (nSPS) is 15.3. The summed E-state index contributed by atoms with van der Waals surface area (Å²) < 4.78 is 5.27. The number of carbonyl (C=O) groups excluding carboxylic acids is 2. The molecule has 0 spiro atoms. The molecule has 2 rings (SSSR count). The maximum absolute atomic E-state index is 12.4. The topological polar surface area (TPSA) is 62.7 Å². The second-order valence-corrected chi connectivity index (χ2v) is 6.51. The molecule has 1 aromatic heterocycles. The molecule has 0 unspecified atom stereocenters. The Kier molecular flexibility index (Phi) is 7.03. The lowest BCUT2D eigenvalue weighted by atomic mass is 10.2. The standard InChI is InChI=1S/C18H27N3O3/c1-15(2)14-24-18(23)21-11-5-10-20(12-13-21)17(22)8-7-16-6-3-4-9-19-16/h3-4,6,9,15H,5,7-8,10-14H2,1-2H3. The van der Waals surface area contributed by atoms with Crippen molar-refractivity contribution in [3.63, 3.8) is 0 Å². The van der Waals surface area contributed by atoms with Gasteiger partial charge >= 0.3 is 6.09 Å². The van der Waals surface area contributed by atoms with E-state index in [1.54, 1.807) is 11.1 Å². The molecule has 0 bridgehead atoms. The summed E-state index contributed by atoms with van der Waals surface area (Å²) in [7, 11) is 0. The molecule has 6 nitrogen and oxygen atoms in total. The van der Waals surface area contributed by atoms with Crippen LogP contribution in [0.25, 0.3) is 0 Å². The lowest BCUT2D eigenvalue weighted by Gasteiger charge is -2.22. The minimum atomic E-state index is -0.272. The van der Waals surface area contributed by atoms with Crippen LogP contribution in [0.15, 0.2) is 24.4 Å². The van der Waals surface area contributed by atoms with Crippen molar-refractivity contribution in [1.82, 2.24) is 14.8 Å². The van der Waals surface area contributed by atoms with Gasteiger partial charge in [-0.15, -0.1) is 0 Å². The number of hydrogen-bond acceptors (Lipinski definition) is 4. The first-order valence-corrected chi connectivity index (χ1v) is 8.65. The molecule has 1 aliphatic heterocycles. The number of rotatable bonds is 5. The average Bonchev–Trinajstić information content (AvgIpc) is 2.84. The second kappa shape index (κ2) is 9.25. The minimum Gasteiger partial charge on any atom is -0.449 e. The lowest BCUT2D eigenvalue weighted by molar-refractivity contribution is -0.131. The molecule has 0 aliphatic carbocycles. The quantitative estimate of drug-likeness (QED) is 0.830. The molecular formula is C18H27N3O3. The minimum absolute atomic E-state index is 0.123. The van der Waals surface area contributed by atoms with Gasteiger partial charge in [-0.05, 0) is 30.9 Å². The molecule has 2 heterocycles. The maximum atomic E-state index is 12.4. The number of nitrogens with zero attached hydrogens (tertiary/aromatic N) is 3. The number of aromatic nitrogens is 1. The molecule has 0 N–H and O–H groups in total. The molecule has 0 aromatic carbocycles. The first-order chi connectivity index (χ1) is 11.6.